The minimum atomic E-state index is -0.758. The SMILES string of the molecule is [2H]c1c([2H])c([2H])c(-c2ccc3c(c2)N(c2c(-c4ccccc4)cc(C(C)(C)C)cc2-c2ccccc2)c2cc(-c4cc(C(C)(C)C)cc(C(C)(C)C)c4)cc4c2B3c2ccc(-c3c([2H])c([2H])c([2H])c([2H])c3[2H])cc2N4c2cccc3c2oc2c(-n4c5c([2H])c([2H])c([2H])c([2H])c5c5c([2H])c([2H])c([2H])c([2H])c54)cccc23)c([2H])c1[2H]. The monoisotopic (exact) mass is 1240 g/mol. The van der Waals surface area contributed by atoms with Gasteiger partial charge in [0.2, 0.25) is 0 Å². The van der Waals surface area contributed by atoms with Crippen molar-refractivity contribution in [3.8, 4) is 61.3 Å². The molecule has 0 radical (unpaired) electrons. The third kappa shape index (κ3) is 9.57. The number of furan rings is 1. The molecule has 2 aromatic heterocycles. The Bertz CT molecular complexity index is 6460. The number of fused-ring (bicyclic) bond motifs is 10. The summed E-state index contributed by atoms with van der Waals surface area (Å²) in [4.78, 5) is 4.39. The molecular weight excluding hydrogens is 1150 g/mol. The molecule has 0 atom stereocenters. The molecule has 2 aliphatic rings. The first-order valence-corrected chi connectivity index (χ1v) is 32.1. The van der Waals surface area contributed by atoms with Crippen molar-refractivity contribution in [2.75, 3.05) is 9.80 Å². The Morgan fingerprint density at radius 2 is 0.737 bits per heavy atom. The fourth-order valence-corrected chi connectivity index (χ4v) is 14.2. The second-order valence-electron chi connectivity index (χ2n) is 28.0. The molecule has 0 unspecified atom stereocenters. The van der Waals surface area contributed by atoms with Gasteiger partial charge in [0.1, 0.15) is 0 Å². The lowest BCUT2D eigenvalue weighted by Crippen LogP contribution is -2.61. The van der Waals surface area contributed by atoms with Crippen LogP contribution in [0, 0.1) is 0 Å². The van der Waals surface area contributed by atoms with E-state index in [1.54, 1.807) is 18.2 Å². The van der Waals surface area contributed by atoms with Gasteiger partial charge < -0.3 is 18.8 Å². The summed E-state index contributed by atoms with van der Waals surface area (Å²) in [6, 6.07) is 49.3. The largest absolute Gasteiger partial charge is 0.452 e. The van der Waals surface area contributed by atoms with Crippen molar-refractivity contribution in [2.45, 2.75) is 78.6 Å². The Labute approximate surface area is 583 Å². The Kier molecular flexibility index (Phi) is 9.59. The van der Waals surface area contributed by atoms with Crippen LogP contribution in [0.4, 0.5) is 34.1 Å². The van der Waals surface area contributed by atoms with E-state index in [4.69, 9.17) is 18.1 Å². The van der Waals surface area contributed by atoms with Crippen LogP contribution in [-0.4, -0.2) is 11.3 Å². The summed E-state index contributed by atoms with van der Waals surface area (Å²) in [7, 11) is 0. The highest BCUT2D eigenvalue weighted by Crippen LogP contribution is 2.54. The summed E-state index contributed by atoms with van der Waals surface area (Å²) >= 11 is 0. The van der Waals surface area contributed by atoms with E-state index in [-0.39, 0.29) is 72.7 Å². The summed E-state index contributed by atoms with van der Waals surface area (Å²) in [6.45, 7) is 18.9. The third-order valence-corrected chi connectivity index (χ3v) is 19.0. The summed E-state index contributed by atoms with van der Waals surface area (Å²) in [6.07, 6.45) is 0. The molecule has 0 aliphatic carbocycles. The molecular formula is C90H74BN3O. The number of anilines is 6. The lowest BCUT2D eigenvalue weighted by Gasteiger charge is -2.45. The topological polar surface area (TPSA) is 24.6 Å². The summed E-state index contributed by atoms with van der Waals surface area (Å²) < 4.78 is 175. The van der Waals surface area contributed by atoms with E-state index in [0.717, 1.165) is 66.7 Å². The molecule has 458 valence electrons. The van der Waals surface area contributed by atoms with Crippen LogP contribution in [0.2, 0.25) is 0 Å². The van der Waals surface area contributed by atoms with E-state index >= 15 is 0 Å². The minimum absolute atomic E-state index is 0.00475. The molecule has 4 heterocycles. The molecule has 0 fully saturated rings. The molecule has 0 saturated heterocycles. The molecule has 13 aromatic carbocycles. The number of hydrogen-bond donors (Lipinski definition) is 0. The van der Waals surface area contributed by atoms with Crippen LogP contribution >= 0.6 is 0 Å². The lowest BCUT2D eigenvalue weighted by atomic mass is 9.33. The molecule has 2 aliphatic heterocycles. The van der Waals surface area contributed by atoms with Crippen LogP contribution in [-0.2, 0) is 16.2 Å². The second-order valence-corrected chi connectivity index (χ2v) is 28.0. The fourth-order valence-electron chi connectivity index (χ4n) is 14.2. The van der Waals surface area contributed by atoms with Crippen molar-refractivity contribution in [3.05, 3.63) is 301 Å². The zero-order valence-corrected chi connectivity index (χ0v) is 54.1. The lowest BCUT2D eigenvalue weighted by molar-refractivity contribution is 0.569. The normalized spacial score (nSPS) is 15.7. The van der Waals surface area contributed by atoms with Crippen LogP contribution in [0.5, 0.6) is 0 Å². The summed E-state index contributed by atoms with van der Waals surface area (Å²) in [5.74, 6) is 0. The Hall–Kier alpha value is -10.9. The number of para-hydroxylation sites is 4. The van der Waals surface area contributed by atoms with Gasteiger partial charge in [-0.2, -0.15) is 0 Å². The number of benzene rings is 13. The average Bonchev–Trinajstić information content (AvgIpc) is 1.51. The van der Waals surface area contributed by atoms with E-state index in [9.17, 15) is 11.0 Å². The highest BCUT2D eigenvalue weighted by molar-refractivity contribution is 7.00. The molecule has 15 aromatic rings. The van der Waals surface area contributed by atoms with E-state index in [1.807, 2.05) is 91.0 Å². The molecule has 95 heavy (non-hydrogen) atoms. The van der Waals surface area contributed by atoms with E-state index in [1.165, 1.54) is 4.57 Å². The van der Waals surface area contributed by atoms with Gasteiger partial charge in [0.15, 0.2) is 11.2 Å². The van der Waals surface area contributed by atoms with Crippen molar-refractivity contribution in [3.63, 3.8) is 0 Å². The van der Waals surface area contributed by atoms with Crippen molar-refractivity contribution in [2.24, 2.45) is 0 Å². The predicted molar refractivity (Wildman–Crippen MR) is 405 cm³/mol. The standard InChI is InChI=1S/C90H74BN3O/c1-88(2,3)65-48-63(49-66(54-65)89(4,5)6)64-52-82-84-83(53-64)94(85-72(59-32-18-12-19-33-59)55-67(90(7,8)9)56-73(85)60-34-20-13-21-35-60)81-51-62(58-30-16-11-17-31-58)45-47-75(81)91(84)74-46-44-61(57-28-14-10-15-29-57)50-80(74)93(82)79-43-27-39-71-70-38-26-42-78(86(70)95-87(71)79)92-76-40-24-22-36-68(76)69-37-23-25-41-77(69)92/h10-56H,1-9H3/i10D,11D,14D,15D,16D,17D,22D,23D,24D,25D,28D,29D,30D,31D,36D,37D,40D,41D. The van der Waals surface area contributed by atoms with Gasteiger partial charge in [0.25, 0.3) is 6.71 Å². The predicted octanol–water partition coefficient (Wildman–Crippen LogP) is 23.0. The average molecular weight is 1240 g/mol. The van der Waals surface area contributed by atoms with Crippen molar-refractivity contribution >= 4 is 101 Å². The van der Waals surface area contributed by atoms with Crippen molar-refractivity contribution in [1.29, 1.82) is 0 Å². The summed E-state index contributed by atoms with van der Waals surface area (Å²) in [5.41, 5.74) is 14.0. The third-order valence-electron chi connectivity index (χ3n) is 19.0. The van der Waals surface area contributed by atoms with Crippen LogP contribution in [0.1, 0.15) is 104 Å². The maximum atomic E-state index is 9.59. The second kappa shape index (κ2) is 21.9. The zero-order chi connectivity index (χ0) is 80.3. The Balaban J connectivity index is 1.08. The number of hydrogen-bond acceptors (Lipinski definition) is 3. The number of aromatic nitrogens is 1. The maximum Gasteiger partial charge on any atom is 0.252 e. The van der Waals surface area contributed by atoms with Crippen LogP contribution in [0.25, 0.3) is 105 Å². The van der Waals surface area contributed by atoms with Gasteiger partial charge in [-0.1, -0.05) is 286 Å². The summed E-state index contributed by atoms with van der Waals surface area (Å²) in [5, 5.41) is 0.884. The molecule has 17 rings (SSSR count). The molecule has 0 bridgehead atoms. The quantitative estimate of drug-likeness (QED) is 0.142. The van der Waals surface area contributed by atoms with E-state index in [0.29, 0.717) is 55.8 Å². The van der Waals surface area contributed by atoms with Gasteiger partial charge in [0.05, 0.1) is 52.8 Å². The zero-order valence-electron chi connectivity index (χ0n) is 72.1. The highest BCUT2D eigenvalue weighted by Gasteiger charge is 2.46. The van der Waals surface area contributed by atoms with Crippen LogP contribution in [0.3, 0.4) is 0 Å². The highest BCUT2D eigenvalue weighted by atomic mass is 16.3. The van der Waals surface area contributed by atoms with Gasteiger partial charge in [-0.3, -0.25) is 0 Å². The van der Waals surface area contributed by atoms with E-state index in [2.05, 4.69) is 139 Å². The van der Waals surface area contributed by atoms with Crippen LogP contribution in [0.15, 0.2) is 289 Å². The molecule has 4 nitrogen and oxygen atoms in total. The molecule has 0 spiro atoms. The molecule has 0 N–H and O–H groups in total. The maximum absolute atomic E-state index is 9.59. The first-order chi connectivity index (χ1) is 53.5. The minimum Gasteiger partial charge on any atom is -0.452 e. The molecule has 0 saturated carbocycles. The van der Waals surface area contributed by atoms with Gasteiger partial charge in [-0.05, 0) is 154 Å². The van der Waals surface area contributed by atoms with Crippen molar-refractivity contribution < 1.29 is 29.1 Å². The van der Waals surface area contributed by atoms with Gasteiger partial charge >= 0.3 is 0 Å². The van der Waals surface area contributed by atoms with Crippen LogP contribution < -0.4 is 26.2 Å². The molecule has 5 heteroatoms. The smallest absolute Gasteiger partial charge is 0.252 e. The number of nitrogens with zero attached hydrogens (tertiary/aromatic N) is 3. The van der Waals surface area contributed by atoms with Gasteiger partial charge in [-0.15, -0.1) is 0 Å². The fraction of sp³-hybridized carbons (Fsp3) is 0.133. The van der Waals surface area contributed by atoms with Gasteiger partial charge in [-0.25, -0.2) is 0 Å². The Morgan fingerprint density at radius 1 is 0.316 bits per heavy atom. The van der Waals surface area contributed by atoms with E-state index < -0.39 is 109 Å². The Morgan fingerprint density at radius 3 is 1.24 bits per heavy atom. The van der Waals surface area contributed by atoms with Gasteiger partial charge in [0, 0.05) is 55.4 Å². The first kappa shape index (κ1) is 41.7. The number of rotatable bonds is 8. The molecule has 0 amide bonds. The first-order valence-electron chi connectivity index (χ1n) is 41.1. The van der Waals surface area contributed by atoms with Crippen molar-refractivity contribution in [1.82, 2.24) is 4.57 Å².